The molecule has 2 aromatic carbocycles. The number of hydrogen-bond donors (Lipinski definition) is 1. The molecule has 236 valence electrons. The van der Waals surface area contributed by atoms with Crippen LogP contribution in [0.1, 0.15) is 96.9 Å². The number of ether oxygens (including phenoxy) is 3. The average Bonchev–Trinajstić information content (AvgIpc) is 3.21. The van der Waals surface area contributed by atoms with Crippen molar-refractivity contribution in [2.75, 3.05) is 19.8 Å². The summed E-state index contributed by atoms with van der Waals surface area (Å²) in [4.78, 5) is 78.5. The van der Waals surface area contributed by atoms with Crippen LogP contribution in [0, 0.1) is 0 Å². The van der Waals surface area contributed by atoms with E-state index in [2.05, 4.69) is 5.32 Å². The van der Waals surface area contributed by atoms with Gasteiger partial charge in [-0.3, -0.25) is 24.6 Å². The van der Waals surface area contributed by atoms with Crippen molar-refractivity contribution in [3.8, 4) is 0 Å². The van der Waals surface area contributed by atoms with Gasteiger partial charge in [-0.2, -0.15) is 0 Å². The Morgan fingerprint density at radius 3 is 1.82 bits per heavy atom. The molecular weight excluding hydrogens is 568 g/mol. The second-order valence-electron chi connectivity index (χ2n) is 11.4. The van der Waals surface area contributed by atoms with Crippen molar-refractivity contribution < 1.29 is 43.0 Å². The van der Waals surface area contributed by atoms with Crippen molar-refractivity contribution in [1.82, 2.24) is 10.2 Å². The summed E-state index contributed by atoms with van der Waals surface area (Å²) in [6, 6.07) is 13.5. The van der Waals surface area contributed by atoms with Crippen LogP contribution in [0.4, 0.5) is 4.79 Å². The minimum absolute atomic E-state index is 0.100. The highest BCUT2D eigenvalue weighted by molar-refractivity contribution is 6.21. The lowest BCUT2D eigenvalue weighted by Crippen LogP contribution is -2.63. The molecule has 0 aliphatic carbocycles. The molecule has 1 aliphatic heterocycles. The fourth-order valence-corrected chi connectivity index (χ4v) is 4.78. The number of rotatable bonds is 14. The zero-order chi connectivity index (χ0) is 32.5. The molecule has 0 saturated carbocycles. The van der Waals surface area contributed by atoms with Gasteiger partial charge in [0, 0.05) is 12.1 Å². The number of esters is 2. The molecule has 0 fully saturated rings. The summed E-state index contributed by atoms with van der Waals surface area (Å²) in [5, 5.41) is 2.26. The molecule has 3 amide bonds. The topological polar surface area (TPSA) is 145 Å². The quantitative estimate of drug-likeness (QED) is 0.0808. The van der Waals surface area contributed by atoms with Gasteiger partial charge in [-0.25, -0.2) is 14.4 Å². The van der Waals surface area contributed by atoms with Crippen LogP contribution in [0.2, 0.25) is 0 Å². The number of alkyl carbamates (subject to hydrolysis) is 1. The minimum atomic E-state index is -2.44. The smallest absolute Gasteiger partial charge is 0.409 e. The molecule has 11 heteroatoms. The Balaban J connectivity index is 1.62. The van der Waals surface area contributed by atoms with Gasteiger partial charge in [0.15, 0.2) is 5.78 Å². The first-order chi connectivity index (χ1) is 20.8. The van der Waals surface area contributed by atoms with Crippen molar-refractivity contribution in [3.63, 3.8) is 0 Å². The largest absolute Gasteiger partial charge is 0.464 e. The molecule has 0 atom stereocenters. The molecule has 0 aromatic heterocycles. The van der Waals surface area contributed by atoms with E-state index < -0.39 is 41.4 Å². The number of aryl methyl sites for hydroxylation is 1. The highest BCUT2D eigenvalue weighted by atomic mass is 16.6. The zero-order valence-electron chi connectivity index (χ0n) is 25.9. The predicted molar refractivity (Wildman–Crippen MR) is 160 cm³/mol. The van der Waals surface area contributed by atoms with E-state index >= 15 is 0 Å². The van der Waals surface area contributed by atoms with E-state index in [1.54, 1.807) is 69.3 Å². The Labute approximate surface area is 257 Å². The van der Waals surface area contributed by atoms with Crippen LogP contribution in [-0.2, 0) is 30.2 Å². The van der Waals surface area contributed by atoms with Crippen LogP contribution >= 0.6 is 0 Å². The Kier molecular flexibility index (Phi) is 11.4. The van der Waals surface area contributed by atoms with Gasteiger partial charge in [0.1, 0.15) is 5.60 Å². The number of carbonyl (C=O) groups excluding carboxylic acids is 6. The van der Waals surface area contributed by atoms with E-state index in [1.165, 1.54) is 18.7 Å². The molecule has 0 saturated heterocycles. The van der Waals surface area contributed by atoms with Gasteiger partial charge < -0.3 is 14.2 Å². The molecule has 2 aromatic rings. The third-order valence-corrected chi connectivity index (χ3v) is 6.89. The van der Waals surface area contributed by atoms with E-state index in [0.717, 1.165) is 18.4 Å². The summed E-state index contributed by atoms with van der Waals surface area (Å²) >= 11 is 0. The maximum atomic E-state index is 13.3. The van der Waals surface area contributed by atoms with Gasteiger partial charge in [0.2, 0.25) is 5.54 Å². The van der Waals surface area contributed by atoms with Crippen LogP contribution in [0.5, 0.6) is 0 Å². The summed E-state index contributed by atoms with van der Waals surface area (Å²) < 4.78 is 15.4. The number of benzene rings is 2. The maximum Gasteiger partial charge on any atom is 0.409 e. The second kappa shape index (κ2) is 14.8. The van der Waals surface area contributed by atoms with Gasteiger partial charge in [-0.15, -0.1) is 0 Å². The van der Waals surface area contributed by atoms with Crippen molar-refractivity contribution in [2.45, 2.75) is 77.9 Å². The first kappa shape index (κ1) is 34.0. The molecule has 11 nitrogen and oxygen atoms in total. The Morgan fingerprint density at radius 1 is 0.773 bits per heavy atom. The number of fused-ring (bicyclic) bond motifs is 1. The molecular formula is C33H40N2O9. The number of nitrogens with one attached hydrogen (secondary N) is 1. The SMILES string of the molecule is CCOC(=O)C(CC(=O)c1ccc(CCCCCN2C(=O)c3ccccc3C2=O)cc1)(NC(=O)OC(C)(C)C)C(=O)OCC. The summed E-state index contributed by atoms with van der Waals surface area (Å²) in [6.45, 7) is 8.06. The lowest BCUT2D eigenvalue weighted by molar-refractivity contribution is -0.166. The average molecular weight is 609 g/mol. The highest BCUT2D eigenvalue weighted by Gasteiger charge is 2.53. The lowest BCUT2D eigenvalue weighted by Gasteiger charge is -2.30. The molecule has 1 heterocycles. The van der Waals surface area contributed by atoms with E-state index in [0.29, 0.717) is 30.5 Å². The number of imide groups is 1. The summed E-state index contributed by atoms with van der Waals surface area (Å²) in [5.41, 5.74) is -1.32. The molecule has 0 unspecified atom stereocenters. The Hall–Kier alpha value is -4.54. The van der Waals surface area contributed by atoms with Gasteiger partial charge in [0.05, 0.1) is 30.8 Å². The van der Waals surface area contributed by atoms with Crippen molar-refractivity contribution in [1.29, 1.82) is 0 Å². The Morgan fingerprint density at radius 2 is 1.32 bits per heavy atom. The number of ketones is 1. The summed E-state index contributed by atoms with van der Waals surface area (Å²) in [7, 11) is 0. The van der Waals surface area contributed by atoms with Crippen LogP contribution in [0.25, 0.3) is 0 Å². The van der Waals surface area contributed by atoms with Crippen molar-refractivity contribution in [2.24, 2.45) is 0 Å². The van der Waals surface area contributed by atoms with Gasteiger partial charge >= 0.3 is 18.0 Å². The van der Waals surface area contributed by atoms with Crippen LogP contribution < -0.4 is 5.32 Å². The number of nitrogens with zero attached hydrogens (tertiary/aromatic N) is 1. The number of amides is 3. The standard InChI is InChI=1S/C33H40N2O9/c1-6-42-29(39)33(30(40)43-7-2,34-31(41)44-32(3,4)5)21-26(36)23-18-16-22(17-19-23)13-9-8-12-20-35-27(37)24-14-10-11-15-25(24)28(35)38/h10-11,14-19H,6-9,12-13,20-21H2,1-5H3,(H,34,41). The Bertz CT molecular complexity index is 1340. The summed E-state index contributed by atoms with van der Waals surface area (Å²) in [5.74, 6) is -3.37. The lowest BCUT2D eigenvalue weighted by atomic mass is 9.89. The van der Waals surface area contributed by atoms with Crippen molar-refractivity contribution in [3.05, 3.63) is 70.8 Å². The van der Waals surface area contributed by atoms with Gasteiger partial charge in [0.25, 0.3) is 11.8 Å². The van der Waals surface area contributed by atoms with Crippen molar-refractivity contribution >= 4 is 35.6 Å². The maximum absolute atomic E-state index is 13.3. The van der Waals surface area contributed by atoms with Gasteiger partial charge in [-0.05, 0) is 71.6 Å². The number of unbranched alkanes of at least 4 members (excludes halogenated alkanes) is 2. The summed E-state index contributed by atoms with van der Waals surface area (Å²) in [6.07, 6.45) is 1.13. The minimum Gasteiger partial charge on any atom is -0.464 e. The molecule has 1 aliphatic rings. The van der Waals surface area contributed by atoms with E-state index in [4.69, 9.17) is 14.2 Å². The highest BCUT2D eigenvalue weighted by Crippen LogP contribution is 2.24. The zero-order valence-corrected chi connectivity index (χ0v) is 25.9. The molecule has 3 rings (SSSR count). The number of hydrogen-bond acceptors (Lipinski definition) is 9. The van der Waals surface area contributed by atoms with Crippen LogP contribution in [-0.4, -0.2) is 71.4 Å². The van der Waals surface area contributed by atoms with E-state index in [1.807, 2.05) is 0 Å². The van der Waals surface area contributed by atoms with Crippen LogP contribution in [0.3, 0.4) is 0 Å². The second-order valence-corrected chi connectivity index (χ2v) is 11.4. The predicted octanol–water partition coefficient (Wildman–Crippen LogP) is 4.66. The molecule has 0 spiro atoms. The first-order valence-electron chi connectivity index (χ1n) is 14.8. The monoisotopic (exact) mass is 608 g/mol. The van der Waals surface area contributed by atoms with Gasteiger partial charge in [-0.1, -0.05) is 42.8 Å². The molecule has 0 radical (unpaired) electrons. The molecule has 44 heavy (non-hydrogen) atoms. The normalized spacial score (nSPS) is 12.9. The number of Topliss-reactive ketones (excluding diaryl/α,β-unsaturated/α-hetero) is 1. The molecule has 0 bridgehead atoms. The fraction of sp³-hybridized carbons (Fsp3) is 0.455. The van der Waals surface area contributed by atoms with Crippen LogP contribution in [0.15, 0.2) is 48.5 Å². The van der Waals surface area contributed by atoms with E-state index in [9.17, 15) is 28.8 Å². The molecule has 1 N–H and O–H groups in total. The third-order valence-electron chi connectivity index (χ3n) is 6.89. The third kappa shape index (κ3) is 8.30. The van der Waals surface area contributed by atoms with E-state index in [-0.39, 0.29) is 30.6 Å². The number of carbonyl (C=O) groups is 6. The first-order valence-corrected chi connectivity index (χ1v) is 14.8. The fourth-order valence-electron chi connectivity index (χ4n) is 4.78.